The van der Waals surface area contributed by atoms with E-state index in [2.05, 4.69) is 15.5 Å². The Bertz CT molecular complexity index is 475. The molecule has 1 rings (SSSR count). The lowest BCUT2D eigenvalue weighted by atomic mass is 10.3. The molecular formula is C12H20N4O3S. The van der Waals surface area contributed by atoms with Gasteiger partial charge in [-0.3, -0.25) is 14.2 Å². The van der Waals surface area contributed by atoms with Crippen LogP contribution >= 0.6 is 11.8 Å². The van der Waals surface area contributed by atoms with Crippen molar-refractivity contribution in [3.8, 4) is 0 Å². The van der Waals surface area contributed by atoms with Crippen LogP contribution in [0.4, 0.5) is 0 Å². The predicted molar refractivity (Wildman–Crippen MR) is 75.8 cm³/mol. The van der Waals surface area contributed by atoms with Crippen LogP contribution in [0.5, 0.6) is 0 Å². The third kappa shape index (κ3) is 4.22. The van der Waals surface area contributed by atoms with Crippen molar-refractivity contribution in [1.82, 2.24) is 20.1 Å². The summed E-state index contributed by atoms with van der Waals surface area (Å²) in [7, 11) is 0. The van der Waals surface area contributed by atoms with Crippen LogP contribution in [-0.4, -0.2) is 44.0 Å². The highest BCUT2D eigenvalue weighted by molar-refractivity contribution is 7.99. The van der Waals surface area contributed by atoms with Gasteiger partial charge in [0.2, 0.25) is 5.91 Å². The Morgan fingerprint density at radius 3 is 2.65 bits per heavy atom. The van der Waals surface area contributed by atoms with Crippen LogP contribution in [0.25, 0.3) is 0 Å². The Labute approximate surface area is 122 Å². The summed E-state index contributed by atoms with van der Waals surface area (Å²) in [5.41, 5.74) is 0. The number of aromatic nitrogens is 3. The van der Waals surface area contributed by atoms with Gasteiger partial charge in [-0.1, -0.05) is 25.6 Å². The Hall–Kier alpha value is -1.57. The van der Waals surface area contributed by atoms with Gasteiger partial charge in [0.1, 0.15) is 11.9 Å². The zero-order valence-electron chi connectivity index (χ0n) is 11.9. The molecule has 1 amide bonds. The third-order valence-electron chi connectivity index (χ3n) is 2.69. The number of hydrogen-bond donors (Lipinski definition) is 2. The summed E-state index contributed by atoms with van der Waals surface area (Å²) in [6.45, 7) is 6.28. The van der Waals surface area contributed by atoms with E-state index in [4.69, 9.17) is 5.11 Å². The van der Waals surface area contributed by atoms with Crippen LogP contribution in [0.2, 0.25) is 0 Å². The summed E-state index contributed by atoms with van der Waals surface area (Å²) in [6.07, 6.45) is 1.49. The fraction of sp³-hybridized carbons (Fsp3) is 0.667. The molecule has 1 heterocycles. The fourth-order valence-electron chi connectivity index (χ4n) is 1.68. The Kier molecular flexibility index (Phi) is 6.50. The van der Waals surface area contributed by atoms with E-state index in [0.717, 1.165) is 18.2 Å². The van der Waals surface area contributed by atoms with Gasteiger partial charge in [0.25, 0.3) is 0 Å². The molecule has 0 aromatic carbocycles. The second-order valence-electron chi connectivity index (χ2n) is 4.27. The summed E-state index contributed by atoms with van der Waals surface area (Å²) in [4.78, 5) is 22.7. The SMILES string of the molecule is CCCNC(=O)C(C)n1c(CC)nnc1SCC(=O)O. The maximum absolute atomic E-state index is 12.0. The van der Waals surface area contributed by atoms with Gasteiger partial charge in [0.05, 0.1) is 5.75 Å². The van der Waals surface area contributed by atoms with Gasteiger partial charge < -0.3 is 10.4 Å². The molecule has 112 valence electrons. The number of thioether (sulfide) groups is 1. The highest BCUT2D eigenvalue weighted by atomic mass is 32.2. The Morgan fingerprint density at radius 2 is 2.10 bits per heavy atom. The molecule has 0 saturated carbocycles. The zero-order chi connectivity index (χ0) is 15.1. The minimum absolute atomic E-state index is 0.106. The molecule has 0 saturated heterocycles. The normalized spacial score (nSPS) is 12.2. The van der Waals surface area contributed by atoms with Crippen molar-refractivity contribution < 1.29 is 14.7 Å². The van der Waals surface area contributed by atoms with Crippen LogP contribution in [0.3, 0.4) is 0 Å². The molecule has 1 atom stereocenters. The number of nitrogens with one attached hydrogen (secondary N) is 1. The smallest absolute Gasteiger partial charge is 0.313 e. The lowest BCUT2D eigenvalue weighted by molar-refractivity contribution is -0.133. The first-order chi connectivity index (χ1) is 9.51. The maximum Gasteiger partial charge on any atom is 0.313 e. The number of carbonyl (C=O) groups is 2. The minimum atomic E-state index is -0.925. The van der Waals surface area contributed by atoms with Gasteiger partial charge in [0, 0.05) is 13.0 Å². The summed E-state index contributed by atoms with van der Waals surface area (Å²) in [5, 5.41) is 20.0. The molecule has 1 unspecified atom stereocenters. The Morgan fingerprint density at radius 1 is 1.40 bits per heavy atom. The average molecular weight is 300 g/mol. The van der Waals surface area contributed by atoms with Crippen LogP contribution < -0.4 is 5.32 Å². The first-order valence-corrected chi connectivity index (χ1v) is 7.55. The summed E-state index contributed by atoms with van der Waals surface area (Å²) < 4.78 is 1.71. The standard InChI is InChI=1S/C12H20N4O3S/c1-4-6-13-11(19)8(3)16-9(5-2)14-15-12(16)20-7-10(17)18/h8H,4-7H2,1-3H3,(H,13,19)(H,17,18). The van der Waals surface area contributed by atoms with Crippen molar-refractivity contribution in [2.75, 3.05) is 12.3 Å². The molecule has 0 spiro atoms. The molecular weight excluding hydrogens is 280 g/mol. The number of amides is 1. The molecule has 2 N–H and O–H groups in total. The van der Waals surface area contributed by atoms with Crippen LogP contribution in [0.15, 0.2) is 5.16 Å². The maximum atomic E-state index is 12.0. The molecule has 1 aromatic rings. The van der Waals surface area contributed by atoms with E-state index in [1.165, 1.54) is 0 Å². The fourth-order valence-corrected chi connectivity index (χ4v) is 2.43. The largest absolute Gasteiger partial charge is 0.481 e. The van der Waals surface area contributed by atoms with E-state index < -0.39 is 12.0 Å². The monoisotopic (exact) mass is 300 g/mol. The molecule has 0 aliphatic rings. The number of aliphatic carboxylic acids is 1. The van der Waals surface area contributed by atoms with Gasteiger partial charge in [-0.25, -0.2) is 0 Å². The van der Waals surface area contributed by atoms with E-state index in [-0.39, 0.29) is 11.7 Å². The first-order valence-electron chi connectivity index (χ1n) is 6.57. The van der Waals surface area contributed by atoms with Gasteiger partial charge in [0.15, 0.2) is 5.16 Å². The van der Waals surface area contributed by atoms with E-state index in [9.17, 15) is 9.59 Å². The average Bonchev–Trinajstić information content (AvgIpc) is 2.84. The van der Waals surface area contributed by atoms with E-state index in [0.29, 0.717) is 23.9 Å². The van der Waals surface area contributed by atoms with Gasteiger partial charge >= 0.3 is 5.97 Å². The predicted octanol–water partition coefficient (Wildman–Crippen LogP) is 1.10. The number of hydrogen-bond acceptors (Lipinski definition) is 5. The molecule has 0 bridgehead atoms. The second-order valence-corrected chi connectivity index (χ2v) is 5.21. The topological polar surface area (TPSA) is 97.1 Å². The van der Waals surface area contributed by atoms with Crippen molar-refractivity contribution in [2.45, 2.75) is 44.8 Å². The van der Waals surface area contributed by atoms with Gasteiger partial charge in [-0.15, -0.1) is 10.2 Å². The minimum Gasteiger partial charge on any atom is -0.481 e. The third-order valence-corrected chi connectivity index (χ3v) is 3.62. The van der Waals surface area contributed by atoms with Crippen molar-refractivity contribution in [3.63, 3.8) is 0 Å². The summed E-state index contributed by atoms with van der Waals surface area (Å²) in [5.74, 6) is -0.466. The molecule has 1 aromatic heterocycles. The number of rotatable bonds is 8. The highest BCUT2D eigenvalue weighted by Gasteiger charge is 2.22. The van der Waals surface area contributed by atoms with E-state index in [1.807, 2.05) is 13.8 Å². The van der Waals surface area contributed by atoms with Crippen LogP contribution in [-0.2, 0) is 16.0 Å². The van der Waals surface area contributed by atoms with E-state index in [1.54, 1.807) is 11.5 Å². The molecule has 0 aliphatic heterocycles. The lowest BCUT2D eigenvalue weighted by Gasteiger charge is -2.17. The van der Waals surface area contributed by atoms with Gasteiger partial charge in [-0.2, -0.15) is 0 Å². The summed E-state index contributed by atoms with van der Waals surface area (Å²) >= 11 is 1.07. The zero-order valence-corrected chi connectivity index (χ0v) is 12.7. The number of carboxylic acids is 1. The van der Waals surface area contributed by atoms with Crippen molar-refractivity contribution in [1.29, 1.82) is 0 Å². The first kappa shape index (κ1) is 16.5. The second kappa shape index (κ2) is 7.88. The molecule has 0 aliphatic carbocycles. The van der Waals surface area contributed by atoms with Crippen LogP contribution in [0, 0.1) is 0 Å². The van der Waals surface area contributed by atoms with E-state index >= 15 is 0 Å². The van der Waals surface area contributed by atoms with Gasteiger partial charge in [-0.05, 0) is 13.3 Å². The molecule has 0 radical (unpaired) electrons. The van der Waals surface area contributed by atoms with Crippen molar-refractivity contribution in [3.05, 3.63) is 5.82 Å². The molecule has 7 nitrogen and oxygen atoms in total. The Balaban J connectivity index is 2.91. The number of nitrogens with zero attached hydrogens (tertiary/aromatic N) is 3. The quantitative estimate of drug-likeness (QED) is 0.698. The molecule has 8 heteroatoms. The summed E-state index contributed by atoms with van der Waals surface area (Å²) in [6, 6.07) is -0.456. The molecule has 0 fully saturated rings. The lowest BCUT2D eigenvalue weighted by Crippen LogP contribution is -2.32. The van der Waals surface area contributed by atoms with Crippen molar-refractivity contribution >= 4 is 23.6 Å². The number of aryl methyl sites for hydroxylation is 1. The molecule has 20 heavy (non-hydrogen) atoms. The number of carboxylic acid groups (broad SMARTS) is 1. The van der Waals surface area contributed by atoms with Crippen LogP contribution in [0.1, 0.15) is 39.1 Å². The highest BCUT2D eigenvalue weighted by Crippen LogP contribution is 2.22. The van der Waals surface area contributed by atoms with Crippen molar-refractivity contribution in [2.24, 2.45) is 0 Å². The number of carbonyl (C=O) groups excluding carboxylic acids is 1.